The fraction of sp³-hybridized carbons (Fsp3) is 0.0435. The summed E-state index contributed by atoms with van der Waals surface area (Å²) in [4.78, 5) is 8.78. The van der Waals surface area contributed by atoms with Gasteiger partial charge in [0.1, 0.15) is 5.82 Å². The van der Waals surface area contributed by atoms with Crippen LogP contribution in [-0.2, 0) is 6.37 Å². The van der Waals surface area contributed by atoms with E-state index in [9.17, 15) is 0 Å². The second-order valence-electron chi connectivity index (χ2n) is 12.1. The zero-order valence-electron chi connectivity index (χ0n) is 31.5. The standard InChI is InChI=1S/C46H33N3/c1-2-44-48-42-23-9-10-24-43(42)49(44)35-16-12-14-33(30-35)32-13-11-15-34(29-32)45-38-19-5-7-21-40(38)46(41-22-8-6-20-39(41)45)37-18-4-3-17-36(37)31-25-27-47-28-26-31/h3-30H,2H2,1H3/i1D3,2D2. The van der Waals surface area contributed by atoms with Crippen molar-refractivity contribution in [3.8, 4) is 50.2 Å². The summed E-state index contributed by atoms with van der Waals surface area (Å²) in [6.45, 7) is -2.92. The number of nitrogens with zero attached hydrogens (tertiary/aromatic N) is 3. The molecule has 0 saturated heterocycles. The lowest BCUT2D eigenvalue weighted by Gasteiger charge is -2.20. The summed E-state index contributed by atoms with van der Waals surface area (Å²) >= 11 is 0. The van der Waals surface area contributed by atoms with Gasteiger partial charge in [0, 0.05) is 31.3 Å². The van der Waals surface area contributed by atoms with Gasteiger partial charge in [0.05, 0.1) is 11.0 Å². The van der Waals surface area contributed by atoms with Gasteiger partial charge >= 0.3 is 0 Å². The van der Waals surface area contributed by atoms with Crippen molar-refractivity contribution in [2.75, 3.05) is 0 Å². The minimum atomic E-state index is -2.92. The Bertz CT molecular complexity index is 2800. The van der Waals surface area contributed by atoms with E-state index in [1.54, 1.807) is 10.6 Å². The summed E-state index contributed by atoms with van der Waals surface area (Å²) in [6, 6.07) is 53.4. The van der Waals surface area contributed by atoms with Gasteiger partial charge in [-0.3, -0.25) is 9.55 Å². The van der Waals surface area contributed by atoms with E-state index in [1.807, 2.05) is 54.9 Å². The number of fused-ring (bicyclic) bond motifs is 3. The highest BCUT2D eigenvalue weighted by atomic mass is 15.1. The van der Waals surface area contributed by atoms with Gasteiger partial charge in [-0.25, -0.2) is 4.98 Å². The van der Waals surface area contributed by atoms with Gasteiger partial charge in [-0.1, -0.05) is 122 Å². The SMILES string of the molecule is [2H]C([2H])([2H])C([2H])([2H])c1nc2ccccc2n1-c1cccc(-c2cccc(-c3c4ccccc4c(-c4ccccc4-c4ccncc4)c4ccccc34)c2)c1. The first-order valence-electron chi connectivity index (χ1n) is 18.8. The first-order valence-corrected chi connectivity index (χ1v) is 16.3. The van der Waals surface area contributed by atoms with Crippen LogP contribution >= 0.6 is 0 Å². The van der Waals surface area contributed by atoms with E-state index in [2.05, 4.69) is 119 Å². The monoisotopic (exact) mass is 632 g/mol. The van der Waals surface area contributed by atoms with Crippen LogP contribution in [0.1, 0.15) is 19.5 Å². The molecule has 3 nitrogen and oxygen atoms in total. The third kappa shape index (κ3) is 4.90. The second-order valence-corrected chi connectivity index (χ2v) is 12.1. The number of rotatable bonds is 6. The largest absolute Gasteiger partial charge is 0.296 e. The molecular formula is C46H33N3. The molecule has 2 aromatic heterocycles. The molecule has 0 aliphatic heterocycles. The number of pyridine rings is 1. The predicted molar refractivity (Wildman–Crippen MR) is 205 cm³/mol. The smallest absolute Gasteiger partial charge is 0.114 e. The van der Waals surface area contributed by atoms with Crippen LogP contribution in [0.2, 0.25) is 0 Å². The van der Waals surface area contributed by atoms with Crippen molar-refractivity contribution in [1.29, 1.82) is 0 Å². The molecule has 0 aliphatic rings. The lowest BCUT2D eigenvalue weighted by Crippen LogP contribution is -2.00. The van der Waals surface area contributed by atoms with Crippen LogP contribution in [0, 0.1) is 0 Å². The van der Waals surface area contributed by atoms with E-state index in [-0.39, 0.29) is 5.82 Å². The molecule has 2 heterocycles. The molecule has 3 heteroatoms. The van der Waals surface area contributed by atoms with Crippen molar-refractivity contribution in [2.24, 2.45) is 0 Å². The van der Waals surface area contributed by atoms with Crippen LogP contribution in [-0.4, -0.2) is 14.5 Å². The number of imidazole rings is 1. The molecule has 0 radical (unpaired) electrons. The Balaban J connectivity index is 1.23. The quantitative estimate of drug-likeness (QED) is 0.171. The fourth-order valence-corrected chi connectivity index (χ4v) is 7.26. The van der Waals surface area contributed by atoms with Crippen LogP contribution in [0.3, 0.4) is 0 Å². The Labute approximate surface area is 292 Å². The van der Waals surface area contributed by atoms with Crippen molar-refractivity contribution in [3.05, 3.63) is 176 Å². The number of benzene rings is 7. The molecule has 9 rings (SSSR count). The maximum absolute atomic E-state index is 8.66. The van der Waals surface area contributed by atoms with Crippen LogP contribution < -0.4 is 0 Å². The third-order valence-electron chi connectivity index (χ3n) is 9.38. The summed E-state index contributed by atoms with van der Waals surface area (Å²) in [6.07, 6.45) is 0.981. The summed E-state index contributed by atoms with van der Waals surface area (Å²) in [5, 5.41) is 4.59. The number of hydrogen-bond donors (Lipinski definition) is 0. The zero-order valence-corrected chi connectivity index (χ0v) is 26.5. The van der Waals surface area contributed by atoms with E-state index in [1.165, 1.54) is 5.56 Å². The molecule has 0 aliphatic carbocycles. The highest BCUT2D eigenvalue weighted by Crippen LogP contribution is 2.46. The number of aryl methyl sites for hydroxylation is 1. The van der Waals surface area contributed by atoms with Gasteiger partial charge in [0.25, 0.3) is 0 Å². The maximum atomic E-state index is 8.66. The molecule has 0 bridgehead atoms. The third-order valence-corrected chi connectivity index (χ3v) is 9.38. The fourth-order valence-electron chi connectivity index (χ4n) is 7.26. The topological polar surface area (TPSA) is 30.7 Å². The highest BCUT2D eigenvalue weighted by Gasteiger charge is 2.19. The maximum Gasteiger partial charge on any atom is 0.114 e. The minimum absolute atomic E-state index is 0.155. The van der Waals surface area contributed by atoms with Gasteiger partial charge in [-0.05, 0) is 109 Å². The molecule has 232 valence electrons. The van der Waals surface area contributed by atoms with Gasteiger partial charge in [0.2, 0.25) is 0 Å². The van der Waals surface area contributed by atoms with Gasteiger partial charge in [0.15, 0.2) is 0 Å². The molecule has 0 atom stereocenters. The summed E-state index contributed by atoms with van der Waals surface area (Å²) in [5.74, 6) is -0.155. The van der Waals surface area contributed by atoms with Crippen molar-refractivity contribution in [2.45, 2.75) is 13.2 Å². The molecule has 0 N–H and O–H groups in total. The average molecular weight is 633 g/mol. The van der Waals surface area contributed by atoms with Crippen LogP contribution in [0.4, 0.5) is 0 Å². The molecule has 0 unspecified atom stereocenters. The van der Waals surface area contributed by atoms with E-state index >= 15 is 0 Å². The van der Waals surface area contributed by atoms with Crippen molar-refractivity contribution < 1.29 is 6.85 Å². The molecular weight excluding hydrogens is 595 g/mol. The van der Waals surface area contributed by atoms with Crippen molar-refractivity contribution in [3.63, 3.8) is 0 Å². The predicted octanol–water partition coefficient (Wildman–Crippen LogP) is 12.0. The van der Waals surface area contributed by atoms with Gasteiger partial charge in [-0.2, -0.15) is 0 Å². The van der Waals surface area contributed by atoms with Crippen LogP contribution in [0.15, 0.2) is 170 Å². The lowest BCUT2D eigenvalue weighted by atomic mass is 9.83. The number of aromatic nitrogens is 3. The van der Waals surface area contributed by atoms with Crippen LogP contribution in [0.5, 0.6) is 0 Å². The number of hydrogen-bond acceptors (Lipinski definition) is 2. The molecule has 0 saturated carbocycles. The van der Waals surface area contributed by atoms with E-state index < -0.39 is 13.2 Å². The highest BCUT2D eigenvalue weighted by molar-refractivity contribution is 6.22. The van der Waals surface area contributed by atoms with E-state index in [4.69, 9.17) is 6.85 Å². The molecule has 9 aromatic rings. The van der Waals surface area contributed by atoms with E-state index in [0.29, 0.717) is 16.7 Å². The lowest BCUT2D eigenvalue weighted by molar-refractivity contribution is 0.908. The van der Waals surface area contributed by atoms with Gasteiger partial charge in [-0.15, -0.1) is 0 Å². The first-order chi connectivity index (χ1) is 26.2. The summed E-state index contributed by atoms with van der Waals surface area (Å²) in [7, 11) is 0. The zero-order chi connectivity index (χ0) is 37.0. The second kappa shape index (κ2) is 12.0. The summed E-state index contributed by atoms with van der Waals surface area (Å²) < 4.78 is 43.0. The Hall–Kier alpha value is -6.32. The van der Waals surface area contributed by atoms with Crippen LogP contribution in [0.25, 0.3) is 82.8 Å². The molecule has 0 spiro atoms. The van der Waals surface area contributed by atoms with Crippen molar-refractivity contribution >= 4 is 32.6 Å². The Kier molecular flexibility index (Phi) is 5.88. The Morgan fingerprint density at radius 2 is 1.12 bits per heavy atom. The molecule has 7 aromatic carbocycles. The summed E-state index contributed by atoms with van der Waals surface area (Å²) in [5.41, 5.74) is 10.5. The van der Waals surface area contributed by atoms with E-state index in [0.717, 1.165) is 60.5 Å². The first kappa shape index (κ1) is 23.9. The molecule has 0 amide bonds. The molecule has 0 fully saturated rings. The normalized spacial score (nSPS) is 13.5. The average Bonchev–Trinajstić information content (AvgIpc) is 3.61. The van der Waals surface area contributed by atoms with Gasteiger partial charge < -0.3 is 0 Å². The Morgan fingerprint density at radius 1 is 0.531 bits per heavy atom. The molecule has 49 heavy (non-hydrogen) atoms. The number of para-hydroxylation sites is 2. The van der Waals surface area contributed by atoms with Crippen molar-refractivity contribution in [1.82, 2.24) is 14.5 Å². The minimum Gasteiger partial charge on any atom is -0.296 e. The Morgan fingerprint density at radius 3 is 1.86 bits per heavy atom.